The third-order valence-electron chi connectivity index (χ3n) is 2.06. The normalized spacial score (nSPS) is 10.1. The molecule has 0 unspecified atom stereocenters. The fourth-order valence-corrected chi connectivity index (χ4v) is 1.20. The first-order valence-electron chi connectivity index (χ1n) is 4.65. The molecule has 2 nitrogen and oxygen atoms in total. The van der Waals surface area contributed by atoms with E-state index in [2.05, 4.69) is 6.92 Å². The molecule has 0 aliphatic carbocycles. The number of rotatable bonds is 3. The SMILES string of the molecule is CCCOc1c(C)ccc(C)c1N. The van der Waals surface area contributed by atoms with E-state index in [0.29, 0.717) is 0 Å². The van der Waals surface area contributed by atoms with Crippen molar-refractivity contribution in [2.24, 2.45) is 0 Å². The lowest BCUT2D eigenvalue weighted by molar-refractivity contribution is 0.317. The van der Waals surface area contributed by atoms with Gasteiger partial charge in [-0.2, -0.15) is 0 Å². The molecule has 2 heteroatoms. The van der Waals surface area contributed by atoms with Gasteiger partial charge in [0.25, 0.3) is 0 Å². The maximum absolute atomic E-state index is 5.90. The van der Waals surface area contributed by atoms with E-state index in [1.165, 1.54) is 0 Å². The molecule has 2 N–H and O–H groups in total. The molecule has 0 spiro atoms. The van der Waals surface area contributed by atoms with Crippen molar-refractivity contribution in [3.63, 3.8) is 0 Å². The van der Waals surface area contributed by atoms with E-state index in [1.54, 1.807) is 0 Å². The van der Waals surface area contributed by atoms with E-state index >= 15 is 0 Å². The Labute approximate surface area is 79.7 Å². The molecule has 0 bridgehead atoms. The van der Waals surface area contributed by atoms with Crippen molar-refractivity contribution < 1.29 is 4.74 Å². The molecule has 0 amide bonds. The van der Waals surface area contributed by atoms with Crippen LogP contribution in [-0.2, 0) is 0 Å². The summed E-state index contributed by atoms with van der Waals surface area (Å²) in [4.78, 5) is 0. The predicted molar refractivity (Wildman–Crippen MR) is 56.1 cm³/mol. The predicted octanol–water partition coefficient (Wildman–Crippen LogP) is 2.67. The molecule has 0 radical (unpaired) electrons. The zero-order valence-corrected chi connectivity index (χ0v) is 8.55. The van der Waals surface area contributed by atoms with Gasteiger partial charge in [0, 0.05) is 0 Å². The van der Waals surface area contributed by atoms with Gasteiger partial charge in [-0.3, -0.25) is 0 Å². The van der Waals surface area contributed by atoms with Gasteiger partial charge in [-0.25, -0.2) is 0 Å². The van der Waals surface area contributed by atoms with E-state index in [-0.39, 0.29) is 0 Å². The van der Waals surface area contributed by atoms with Crippen molar-refractivity contribution in [2.45, 2.75) is 27.2 Å². The summed E-state index contributed by atoms with van der Waals surface area (Å²) in [5, 5.41) is 0. The van der Waals surface area contributed by atoms with Crippen molar-refractivity contribution in [3.8, 4) is 5.75 Å². The highest BCUT2D eigenvalue weighted by Crippen LogP contribution is 2.28. The van der Waals surface area contributed by atoms with Gasteiger partial charge in [-0.1, -0.05) is 19.1 Å². The van der Waals surface area contributed by atoms with Crippen LogP contribution in [0.3, 0.4) is 0 Å². The second kappa shape index (κ2) is 4.17. The van der Waals surface area contributed by atoms with Crippen LogP contribution in [0.25, 0.3) is 0 Å². The highest BCUT2D eigenvalue weighted by molar-refractivity contribution is 5.61. The number of benzene rings is 1. The Bertz CT molecular complexity index is 294. The largest absolute Gasteiger partial charge is 0.491 e. The van der Waals surface area contributed by atoms with Crippen LogP contribution in [-0.4, -0.2) is 6.61 Å². The molecule has 0 aromatic heterocycles. The summed E-state index contributed by atoms with van der Waals surface area (Å²) in [6.45, 7) is 6.82. The maximum atomic E-state index is 5.90. The third kappa shape index (κ3) is 2.14. The lowest BCUT2D eigenvalue weighted by Gasteiger charge is -2.12. The Morgan fingerprint density at radius 2 is 1.85 bits per heavy atom. The maximum Gasteiger partial charge on any atom is 0.145 e. The smallest absolute Gasteiger partial charge is 0.145 e. The van der Waals surface area contributed by atoms with Crippen LogP contribution in [0.1, 0.15) is 24.5 Å². The molecule has 0 aliphatic rings. The standard InChI is InChI=1S/C11H17NO/c1-4-7-13-11-9(3)6-5-8(2)10(11)12/h5-6H,4,7,12H2,1-3H3. The zero-order valence-electron chi connectivity index (χ0n) is 8.55. The quantitative estimate of drug-likeness (QED) is 0.724. The number of nitrogen functional groups attached to an aromatic ring is 1. The number of hydrogen-bond donors (Lipinski definition) is 1. The van der Waals surface area contributed by atoms with Crippen LogP contribution in [0.5, 0.6) is 5.75 Å². The van der Waals surface area contributed by atoms with Crippen molar-refractivity contribution in [1.29, 1.82) is 0 Å². The molecular formula is C11H17NO. The van der Waals surface area contributed by atoms with Crippen LogP contribution in [0, 0.1) is 13.8 Å². The molecule has 1 aromatic rings. The Morgan fingerprint density at radius 1 is 1.23 bits per heavy atom. The van der Waals surface area contributed by atoms with Crippen molar-refractivity contribution >= 4 is 5.69 Å². The molecule has 13 heavy (non-hydrogen) atoms. The summed E-state index contributed by atoms with van der Waals surface area (Å²) in [5.41, 5.74) is 8.86. The molecule has 0 heterocycles. The van der Waals surface area contributed by atoms with Gasteiger partial charge in [-0.15, -0.1) is 0 Å². The van der Waals surface area contributed by atoms with Gasteiger partial charge in [0.2, 0.25) is 0 Å². The van der Waals surface area contributed by atoms with Crippen LogP contribution in [0.2, 0.25) is 0 Å². The average molecular weight is 179 g/mol. The summed E-state index contributed by atoms with van der Waals surface area (Å²) in [7, 11) is 0. The molecule has 1 aromatic carbocycles. The first-order valence-corrected chi connectivity index (χ1v) is 4.65. The highest BCUT2D eigenvalue weighted by atomic mass is 16.5. The molecule has 0 atom stereocenters. The van der Waals surface area contributed by atoms with Crippen molar-refractivity contribution in [2.75, 3.05) is 12.3 Å². The minimum absolute atomic E-state index is 0.731. The third-order valence-corrected chi connectivity index (χ3v) is 2.06. The molecule has 0 fully saturated rings. The number of hydrogen-bond acceptors (Lipinski definition) is 2. The molecule has 0 saturated carbocycles. The van der Waals surface area contributed by atoms with E-state index in [4.69, 9.17) is 10.5 Å². The number of nitrogens with two attached hydrogens (primary N) is 1. The Kier molecular flexibility index (Phi) is 3.18. The zero-order chi connectivity index (χ0) is 9.84. The first kappa shape index (κ1) is 9.90. The van der Waals surface area contributed by atoms with Crippen LogP contribution in [0.4, 0.5) is 5.69 Å². The van der Waals surface area contributed by atoms with E-state index in [1.807, 2.05) is 26.0 Å². The van der Waals surface area contributed by atoms with Gasteiger partial charge in [0.1, 0.15) is 5.75 Å². The Hall–Kier alpha value is -1.18. The van der Waals surface area contributed by atoms with Crippen LogP contribution in [0.15, 0.2) is 12.1 Å². The average Bonchev–Trinajstić information content (AvgIpc) is 2.12. The van der Waals surface area contributed by atoms with Gasteiger partial charge >= 0.3 is 0 Å². The minimum atomic E-state index is 0.731. The fourth-order valence-electron chi connectivity index (χ4n) is 1.20. The Morgan fingerprint density at radius 3 is 2.46 bits per heavy atom. The topological polar surface area (TPSA) is 35.2 Å². The van der Waals surface area contributed by atoms with Gasteiger partial charge in [0.15, 0.2) is 0 Å². The van der Waals surface area contributed by atoms with Crippen molar-refractivity contribution in [3.05, 3.63) is 23.3 Å². The summed E-state index contributed by atoms with van der Waals surface area (Å²) < 4.78 is 5.57. The van der Waals surface area contributed by atoms with Crippen LogP contribution < -0.4 is 10.5 Å². The summed E-state index contributed by atoms with van der Waals surface area (Å²) in [6.07, 6.45) is 1.01. The van der Waals surface area contributed by atoms with E-state index in [0.717, 1.165) is 35.6 Å². The highest BCUT2D eigenvalue weighted by Gasteiger charge is 2.05. The summed E-state index contributed by atoms with van der Waals surface area (Å²) in [5.74, 6) is 0.849. The van der Waals surface area contributed by atoms with E-state index in [9.17, 15) is 0 Å². The minimum Gasteiger partial charge on any atom is -0.491 e. The fraction of sp³-hybridized carbons (Fsp3) is 0.455. The van der Waals surface area contributed by atoms with Gasteiger partial charge in [-0.05, 0) is 31.4 Å². The second-order valence-electron chi connectivity index (χ2n) is 3.29. The van der Waals surface area contributed by atoms with Crippen LogP contribution >= 0.6 is 0 Å². The lowest BCUT2D eigenvalue weighted by atomic mass is 10.1. The Balaban J connectivity index is 2.96. The summed E-state index contributed by atoms with van der Waals surface area (Å²) in [6, 6.07) is 4.06. The molecule has 72 valence electrons. The first-order chi connectivity index (χ1) is 6.16. The molecule has 1 rings (SSSR count). The van der Waals surface area contributed by atoms with Gasteiger partial charge < -0.3 is 10.5 Å². The number of anilines is 1. The number of ether oxygens (including phenoxy) is 1. The molecular weight excluding hydrogens is 162 g/mol. The molecule has 0 aliphatic heterocycles. The van der Waals surface area contributed by atoms with E-state index < -0.39 is 0 Å². The lowest BCUT2D eigenvalue weighted by Crippen LogP contribution is -2.02. The number of aryl methyl sites for hydroxylation is 2. The van der Waals surface area contributed by atoms with Gasteiger partial charge in [0.05, 0.1) is 12.3 Å². The van der Waals surface area contributed by atoms with Crippen molar-refractivity contribution in [1.82, 2.24) is 0 Å². The second-order valence-corrected chi connectivity index (χ2v) is 3.29. The molecule has 0 saturated heterocycles. The summed E-state index contributed by atoms with van der Waals surface area (Å²) >= 11 is 0. The monoisotopic (exact) mass is 179 g/mol.